The second-order valence-corrected chi connectivity index (χ2v) is 5.42. The summed E-state index contributed by atoms with van der Waals surface area (Å²) in [7, 11) is 1.50. The lowest BCUT2D eigenvalue weighted by Gasteiger charge is -2.24. The maximum atomic E-state index is 14.0. The maximum Gasteiger partial charge on any atom is 0.168 e. The average Bonchev–Trinajstić information content (AvgIpc) is 2.62. The van der Waals surface area contributed by atoms with Crippen LogP contribution in [0.4, 0.5) is 4.39 Å². The van der Waals surface area contributed by atoms with Crippen molar-refractivity contribution in [1.82, 2.24) is 0 Å². The fourth-order valence-corrected chi connectivity index (χ4v) is 2.84. The molecular weight excluding hydrogens is 217 g/mol. The highest BCUT2D eigenvalue weighted by molar-refractivity contribution is 5.31. The van der Waals surface area contributed by atoms with Crippen molar-refractivity contribution < 1.29 is 9.13 Å². The molecule has 2 nitrogen and oxygen atoms in total. The van der Waals surface area contributed by atoms with Crippen molar-refractivity contribution in [1.29, 1.82) is 0 Å². The summed E-state index contributed by atoms with van der Waals surface area (Å²) in [4.78, 5) is 0. The van der Waals surface area contributed by atoms with Gasteiger partial charge >= 0.3 is 0 Å². The third-order valence-corrected chi connectivity index (χ3v) is 3.75. The molecule has 2 rings (SSSR count). The molecule has 2 atom stereocenters. The van der Waals surface area contributed by atoms with Gasteiger partial charge in [-0.15, -0.1) is 0 Å². The summed E-state index contributed by atoms with van der Waals surface area (Å²) >= 11 is 0. The molecule has 1 fully saturated rings. The molecule has 2 unspecified atom stereocenters. The number of hydrogen-bond acceptors (Lipinski definition) is 2. The van der Waals surface area contributed by atoms with Crippen molar-refractivity contribution >= 4 is 0 Å². The van der Waals surface area contributed by atoms with Gasteiger partial charge in [0, 0.05) is 6.04 Å². The first-order chi connectivity index (χ1) is 8.04. The van der Waals surface area contributed by atoms with Gasteiger partial charge in [-0.3, -0.25) is 0 Å². The van der Waals surface area contributed by atoms with E-state index in [-0.39, 0.29) is 17.3 Å². The number of halogens is 1. The fraction of sp³-hybridized carbons (Fsp3) is 0.571. The Labute approximate surface area is 102 Å². The Bertz CT molecular complexity index is 407. The minimum atomic E-state index is -0.225. The molecule has 0 spiro atoms. The Hall–Kier alpha value is -1.09. The van der Waals surface area contributed by atoms with Crippen molar-refractivity contribution in [3.05, 3.63) is 29.6 Å². The molecule has 1 saturated carbocycles. The van der Waals surface area contributed by atoms with Crippen molar-refractivity contribution in [3.8, 4) is 5.75 Å². The smallest absolute Gasteiger partial charge is 0.168 e. The monoisotopic (exact) mass is 237 g/mol. The second-order valence-electron chi connectivity index (χ2n) is 5.42. The van der Waals surface area contributed by atoms with Gasteiger partial charge in [0.1, 0.15) is 0 Å². The summed E-state index contributed by atoms with van der Waals surface area (Å²) in [5.41, 5.74) is 6.81. The summed E-state index contributed by atoms with van der Waals surface area (Å²) in [5.74, 6) is 0.102. The van der Waals surface area contributed by atoms with Crippen LogP contribution in [0.15, 0.2) is 18.2 Å². The lowest BCUT2D eigenvalue weighted by atomic mass is 9.82. The number of rotatable bonds is 3. The molecule has 0 heterocycles. The highest BCUT2D eigenvalue weighted by atomic mass is 19.1. The Balaban J connectivity index is 2.19. The zero-order chi connectivity index (χ0) is 12.5. The summed E-state index contributed by atoms with van der Waals surface area (Å²) < 4.78 is 19.0. The van der Waals surface area contributed by atoms with Crippen molar-refractivity contribution in [2.75, 3.05) is 7.11 Å². The Kier molecular flexibility index (Phi) is 3.38. The van der Waals surface area contributed by atoms with Crippen LogP contribution in [0.3, 0.4) is 0 Å². The van der Waals surface area contributed by atoms with Gasteiger partial charge in [-0.05, 0) is 42.7 Å². The Morgan fingerprint density at radius 2 is 2.29 bits per heavy atom. The first kappa shape index (κ1) is 12.4. The summed E-state index contributed by atoms with van der Waals surface area (Å²) in [6.07, 6.45) is 3.83. The Morgan fingerprint density at radius 1 is 1.53 bits per heavy atom. The fourth-order valence-electron chi connectivity index (χ4n) is 2.84. The standard InChI is InChI=1S/C14H20FNO/c1-14(7-6-11(16)9-14)8-10-4-3-5-12(17-2)13(10)15/h3-5,11H,6-9,16H2,1-2H3. The molecule has 17 heavy (non-hydrogen) atoms. The van der Waals surface area contributed by atoms with Crippen LogP contribution in [0.25, 0.3) is 0 Å². The number of benzene rings is 1. The molecule has 0 aliphatic heterocycles. The highest BCUT2D eigenvalue weighted by Gasteiger charge is 2.34. The van der Waals surface area contributed by atoms with Crippen molar-refractivity contribution in [3.63, 3.8) is 0 Å². The van der Waals surface area contributed by atoms with Crippen molar-refractivity contribution in [2.45, 2.75) is 38.6 Å². The molecule has 0 bridgehead atoms. The van der Waals surface area contributed by atoms with Gasteiger partial charge in [0.25, 0.3) is 0 Å². The topological polar surface area (TPSA) is 35.2 Å². The van der Waals surface area contributed by atoms with Gasteiger partial charge in [-0.2, -0.15) is 0 Å². The van der Waals surface area contributed by atoms with E-state index in [9.17, 15) is 4.39 Å². The zero-order valence-electron chi connectivity index (χ0n) is 10.5. The minimum absolute atomic E-state index is 0.132. The van der Waals surface area contributed by atoms with Crippen LogP contribution in [0, 0.1) is 11.2 Å². The zero-order valence-corrected chi connectivity index (χ0v) is 10.5. The van der Waals surface area contributed by atoms with Crippen LogP contribution in [0.1, 0.15) is 31.7 Å². The molecule has 2 N–H and O–H groups in total. The van der Waals surface area contributed by atoms with Crippen LogP contribution in [0.2, 0.25) is 0 Å². The van der Waals surface area contributed by atoms with Gasteiger partial charge < -0.3 is 10.5 Å². The van der Waals surface area contributed by atoms with E-state index in [1.165, 1.54) is 7.11 Å². The van der Waals surface area contributed by atoms with E-state index in [1.54, 1.807) is 6.07 Å². The first-order valence-corrected chi connectivity index (χ1v) is 6.11. The molecule has 94 valence electrons. The molecule has 1 aliphatic carbocycles. The van der Waals surface area contributed by atoms with Crippen molar-refractivity contribution in [2.24, 2.45) is 11.1 Å². The van der Waals surface area contributed by atoms with E-state index >= 15 is 0 Å². The normalized spacial score (nSPS) is 28.4. The number of ether oxygens (including phenoxy) is 1. The SMILES string of the molecule is COc1cccc(CC2(C)CCC(N)C2)c1F. The molecule has 3 heteroatoms. The molecule has 0 saturated heterocycles. The molecule has 0 radical (unpaired) electrons. The number of nitrogens with two attached hydrogens (primary N) is 1. The summed E-state index contributed by atoms with van der Waals surface area (Å²) in [6.45, 7) is 2.19. The predicted octanol–water partition coefficient (Wildman–Crippen LogP) is 2.89. The summed E-state index contributed by atoms with van der Waals surface area (Å²) in [5, 5.41) is 0. The number of hydrogen-bond donors (Lipinski definition) is 1. The molecule has 1 aliphatic rings. The largest absolute Gasteiger partial charge is 0.494 e. The lowest BCUT2D eigenvalue weighted by molar-refractivity contribution is 0.320. The third kappa shape index (κ3) is 2.60. The van der Waals surface area contributed by atoms with Crippen LogP contribution in [-0.2, 0) is 6.42 Å². The van der Waals surface area contributed by atoms with Crippen LogP contribution < -0.4 is 10.5 Å². The quantitative estimate of drug-likeness (QED) is 0.877. The van der Waals surface area contributed by atoms with Gasteiger partial charge in [0.15, 0.2) is 11.6 Å². The van der Waals surface area contributed by atoms with Gasteiger partial charge in [0.05, 0.1) is 7.11 Å². The molecule has 0 amide bonds. The minimum Gasteiger partial charge on any atom is -0.494 e. The van der Waals surface area contributed by atoms with Crippen LogP contribution in [-0.4, -0.2) is 13.2 Å². The van der Waals surface area contributed by atoms with Gasteiger partial charge in [0.2, 0.25) is 0 Å². The van der Waals surface area contributed by atoms with E-state index in [2.05, 4.69) is 6.92 Å². The van der Waals surface area contributed by atoms with E-state index in [0.717, 1.165) is 31.2 Å². The maximum absolute atomic E-state index is 14.0. The van der Waals surface area contributed by atoms with Crippen LogP contribution in [0.5, 0.6) is 5.75 Å². The first-order valence-electron chi connectivity index (χ1n) is 6.11. The van der Waals surface area contributed by atoms with E-state index in [4.69, 9.17) is 10.5 Å². The predicted molar refractivity (Wildman–Crippen MR) is 66.6 cm³/mol. The van der Waals surface area contributed by atoms with E-state index in [0.29, 0.717) is 5.75 Å². The van der Waals surface area contributed by atoms with E-state index < -0.39 is 0 Å². The molecule has 1 aromatic rings. The number of methoxy groups -OCH3 is 1. The Morgan fingerprint density at radius 3 is 2.88 bits per heavy atom. The molecule has 0 aromatic heterocycles. The third-order valence-electron chi connectivity index (χ3n) is 3.75. The van der Waals surface area contributed by atoms with Gasteiger partial charge in [-0.1, -0.05) is 19.1 Å². The molecular formula is C14H20FNO. The summed E-state index contributed by atoms with van der Waals surface area (Å²) in [6, 6.07) is 5.61. The highest BCUT2D eigenvalue weighted by Crippen LogP contribution is 2.40. The van der Waals surface area contributed by atoms with Gasteiger partial charge in [-0.25, -0.2) is 4.39 Å². The van der Waals surface area contributed by atoms with Crippen LogP contribution >= 0.6 is 0 Å². The molecule has 1 aromatic carbocycles. The lowest BCUT2D eigenvalue weighted by Crippen LogP contribution is -2.21. The second kappa shape index (κ2) is 4.65. The van der Waals surface area contributed by atoms with E-state index in [1.807, 2.05) is 12.1 Å². The average molecular weight is 237 g/mol.